The molecule has 174 valence electrons. The molecule has 6 atom stereocenters. The molecule has 0 aliphatic carbocycles. The zero-order valence-corrected chi connectivity index (χ0v) is 22.8. The lowest BCUT2D eigenvalue weighted by molar-refractivity contribution is -0.912. The van der Waals surface area contributed by atoms with Crippen molar-refractivity contribution >= 4 is 23.2 Å². The van der Waals surface area contributed by atoms with Crippen LogP contribution in [0.2, 0.25) is 10.3 Å². The van der Waals surface area contributed by atoms with Gasteiger partial charge in [-0.15, -0.1) is 0 Å². The number of pyridine rings is 2. The molecule has 2 aromatic heterocycles. The molecule has 6 unspecified atom stereocenters. The van der Waals surface area contributed by atoms with Crippen LogP contribution >= 0.6 is 23.2 Å². The average molecular weight is 587 g/mol. The van der Waals surface area contributed by atoms with Gasteiger partial charge in [-0.3, -0.25) is 4.90 Å². The lowest BCUT2D eigenvalue weighted by Gasteiger charge is -2.31. The molecule has 0 amide bonds. The Morgan fingerprint density at radius 1 is 0.844 bits per heavy atom. The fourth-order valence-electron chi connectivity index (χ4n) is 6.99. The average Bonchev–Trinajstić information content (AvgIpc) is 3.45. The molecule has 4 nitrogen and oxygen atoms in total. The van der Waals surface area contributed by atoms with E-state index in [9.17, 15) is 0 Å². The topological polar surface area (TPSA) is 29.0 Å². The van der Waals surface area contributed by atoms with E-state index >= 15 is 0 Å². The Bertz CT molecular complexity index is 921. The van der Waals surface area contributed by atoms with Crippen molar-refractivity contribution in [1.82, 2.24) is 14.9 Å². The van der Waals surface area contributed by atoms with E-state index in [0.29, 0.717) is 22.1 Å². The van der Waals surface area contributed by atoms with Crippen molar-refractivity contribution in [2.75, 3.05) is 21.1 Å². The van der Waals surface area contributed by atoms with E-state index in [0.717, 1.165) is 24.2 Å². The first-order valence-corrected chi connectivity index (χ1v) is 12.4. The van der Waals surface area contributed by atoms with Gasteiger partial charge in [-0.25, -0.2) is 9.97 Å². The fourth-order valence-corrected chi connectivity index (χ4v) is 7.22. The van der Waals surface area contributed by atoms with Gasteiger partial charge in [0.05, 0.1) is 26.2 Å². The molecular formula is C25H33Cl2IN4. The third-order valence-electron chi connectivity index (χ3n) is 8.82. The predicted octanol–water partition coefficient (Wildman–Crippen LogP) is 2.52. The number of quaternary nitrogens is 1. The van der Waals surface area contributed by atoms with Gasteiger partial charge in [0.2, 0.25) is 0 Å². The molecule has 0 spiro atoms. The van der Waals surface area contributed by atoms with Gasteiger partial charge in [0, 0.05) is 55.6 Å². The molecule has 7 heteroatoms. The summed E-state index contributed by atoms with van der Waals surface area (Å²) in [6.45, 7) is 0. The van der Waals surface area contributed by atoms with Crippen molar-refractivity contribution in [3.63, 3.8) is 0 Å². The summed E-state index contributed by atoms with van der Waals surface area (Å²) in [6.07, 6.45) is 12.0. The molecule has 4 aliphatic rings. The highest BCUT2D eigenvalue weighted by molar-refractivity contribution is 6.29. The van der Waals surface area contributed by atoms with Gasteiger partial charge < -0.3 is 28.5 Å². The molecule has 0 radical (unpaired) electrons. The van der Waals surface area contributed by atoms with Crippen LogP contribution in [0.25, 0.3) is 0 Å². The summed E-state index contributed by atoms with van der Waals surface area (Å²) in [7, 11) is 7.02. The maximum absolute atomic E-state index is 5.84. The molecule has 32 heavy (non-hydrogen) atoms. The van der Waals surface area contributed by atoms with Crippen LogP contribution in [-0.4, -0.2) is 64.7 Å². The third kappa shape index (κ3) is 4.45. The van der Waals surface area contributed by atoms with Gasteiger partial charge in [-0.1, -0.05) is 35.3 Å². The SMILES string of the molecule is CN1C2CCC1C(c1ccc(Cl)nc1)C2.C[N+]1(C)C2CCC1C(c1ccc(Cl)nc1)C2.[I-]. The number of fused-ring (bicyclic) bond motifs is 4. The summed E-state index contributed by atoms with van der Waals surface area (Å²) in [5, 5.41) is 1.19. The summed E-state index contributed by atoms with van der Waals surface area (Å²) in [5.41, 5.74) is 2.74. The van der Waals surface area contributed by atoms with E-state index in [4.69, 9.17) is 23.2 Å². The van der Waals surface area contributed by atoms with Crippen LogP contribution in [0.1, 0.15) is 61.5 Å². The molecule has 2 aromatic rings. The minimum Gasteiger partial charge on any atom is -1.00 e. The lowest BCUT2D eigenvalue weighted by Crippen LogP contribution is -3.00. The van der Waals surface area contributed by atoms with E-state index in [1.54, 1.807) is 0 Å². The summed E-state index contributed by atoms with van der Waals surface area (Å²) in [5.74, 6) is 1.37. The van der Waals surface area contributed by atoms with E-state index in [-0.39, 0.29) is 24.0 Å². The van der Waals surface area contributed by atoms with Crippen LogP contribution in [0.3, 0.4) is 0 Å². The van der Waals surface area contributed by atoms with Crippen molar-refractivity contribution in [1.29, 1.82) is 0 Å². The molecule has 0 N–H and O–H groups in total. The minimum atomic E-state index is 0. The Labute approximate surface area is 219 Å². The highest BCUT2D eigenvalue weighted by atomic mass is 127. The Kier molecular flexibility index (Phi) is 7.43. The third-order valence-corrected chi connectivity index (χ3v) is 9.27. The molecule has 0 saturated carbocycles. The zero-order valence-electron chi connectivity index (χ0n) is 19.1. The predicted molar refractivity (Wildman–Crippen MR) is 127 cm³/mol. The molecule has 4 saturated heterocycles. The Morgan fingerprint density at radius 2 is 1.47 bits per heavy atom. The van der Waals surface area contributed by atoms with Gasteiger partial charge in [0.25, 0.3) is 0 Å². The number of rotatable bonds is 2. The second-order valence-electron chi connectivity index (χ2n) is 10.4. The van der Waals surface area contributed by atoms with E-state index < -0.39 is 0 Å². The van der Waals surface area contributed by atoms with Gasteiger partial charge in [-0.2, -0.15) is 0 Å². The van der Waals surface area contributed by atoms with Gasteiger partial charge in [-0.05, 0) is 49.6 Å². The van der Waals surface area contributed by atoms with Gasteiger partial charge in [0.1, 0.15) is 10.3 Å². The molecule has 4 fully saturated rings. The largest absolute Gasteiger partial charge is 1.00 e. The molecule has 6 rings (SSSR count). The molecule has 6 heterocycles. The van der Waals surface area contributed by atoms with Crippen LogP contribution in [0.4, 0.5) is 0 Å². The number of halogens is 3. The van der Waals surface area contributed by atoms with Crippen LogP contribution < -0.4 is 24.0 Å². The maximum Gasteiger partial charge on any atom is 0.129 e. The number of likely N-dealkylation sites (N-methyl/N-ethyl adjacent to an activating group) is 2. The van der Waals surface area contributed by atoms with E-state index in [1.807, 2.05) is 24.5 Å². The fraction of sp³-hybridized carbons (Fsp3) is 0.600. The van der Waals surface area contributed by atoms with Crippen LogP contribution in [0.15, 0.2) is 36.7 Å². The Morgan fingerprint density at radius 3 is 1.88 bits per heavy atom. The number of nitrogens with zero attached hydrogens (tertiary/aromatic N) is 4. The molecule has 0 aromatic carbocycles. The van der Waals surface area contributed by atoms with Crippen molar-refractivity contribution in [3.8, 4) is 0 Å². The number of hydrogen-bond donors (Lipinski definition) is 0. The first-order chi connectivity index (χ1) is 14.8. The first kappa shape index (κ1) is 24.6. The van der Waals surface area contributed by atoms with Gasteiger partial charge >= 0.3 is 0 Å². The van der Waals surface area contributed by atoms with Crippen LogP contribution in [0, 0.1) is 0 Å². The minimum absolute atomic E-state index is 0. The smallest absolute Gasteiger partial charge is 0.129 e. The maximum atomic E-state index is 5.84. The molecule has 4 bridgehead atoms. The van der Waals surface area contributed by atoms with Crippen LogP contribution in [0.5, 0.6) is 0 Å². The first-order valence-electron chi connectivity index (χ1n) is 11.6. The zero-order chi connectivity index (χ0) is 21.8. The molecular weight excluding hydrogens is 554 g/mol. The van der Waals surface area contributed by atoms with Crippen molar-refractivity contribution < 1.29 is 28.5 Å². The van der Waals surface area contributed by atoms with Crippen molar-refractivity contribution in [2.45, 2.75) is 74.5 Å². The second kappa shape index (κ2) is 9.65. The highest BCUT2D eigenvalue weighted by Crippen LogP contribution is 2.49. The lowest BCUT2D eigenvalue weighted by atomic mass is 9.85. The summed E-state index contributed by atoms with van der Waals surface area (Å²) >= 11 is 11.6. The van der Waals surface area contributed by atoms with Crippen molar-refractivity contribution in [2.24, 2.45) is 0 Å². The number of hydrogen-bond acceptors (Lipinski definition) is 3. The Hall–Kier alpha value is -0.470. The Balaban J connectivity index is 0.000000149. The summed E-state index contributed by atoms with van der Waals surface area (Å²) in [4.78, 5) is 10.9. The highest BCUT2D eigenvalue weighted by Gasteiger charge is 2.54. The summed E-state index contributed by atoms with van der Waals surface area (Å²) in [6, 6.07) is 11.3. The molecule has 4 aliphatic heterocycles. The quantitative estimate of drug-likeness (QED) is 0.308. The van der Waals surface area contributed by atoms with Crippen molar-refractivity contribution in [3.05, 3.63) is 58.1 Å². The number of aromatic nitrogens is 2. The monoisotopic (exact) mass is 586 g/mol. The second-order valence-corrected chi connectivity index (χ2v) is 11.2. The van der Waals surface area contributed by atoms with Gasteiger partial charge in [0.15, 0.2) is 0 Å². The van der Waals surface area contributed by atoms with E-state index in [2.05, 4.69) is 48.1 Å². The normalized spacial score (nSPS) is 34.2. The van der Waals surface area contributed by atoms with E-state index in [1.165, 1.54) is 54.1 Å². The van der Waals surface area contributed by atoms with Crippen LogP contribution in [-0.2, 0) is 0 Å². The summed E-state index contributed by atoms with van der Waals surface area (Å²) < 4.78 is 1.20. The standard InChI is InChI=1S/C13H18ClN2.C12H15ClN2.HI/c1-16(2)10-4-5-12(16)11(7-10)9-3-6-13(14)15-8-9;1-15-9-3-4-11(15)10(6-9)8-2-5-12(13)14-7-8;/h3,6,8,10-12H,4-5,7H2,1-2H3;2,5,7,9-11H,3-4,6H2,1H3;1H/q+1;;/p-1.